The molecule has 0 spiro atoms. The molecule has 1 N–H and O–H groups in total. The molecule has 2 heterocycles. The van der Waals surface area contributed by atoms with E-state index in [1.165, 1.54) is 0 Å². The lowest BCUT2D eigenvalue weighted by Gasteiger charge is -2.32. The molecule has 0 aliphatic carbocycles. The van der Waals surface area contributed by atoms with Crippen LogP contribution in [0.15, 0.2) is 30.3 Å². The number of nitrogens with zero attached hydrogens (tertiary/aromatic N) is 2. The highest BCUT2D eigenvalue weighted by Gasteiger charge is 2.23. The number of amides is 2. The summed E-state index contributed by atoms with van der Waals surface area (Å²) in [5.74, 6) is -0.383. The number of carbonyl (C=O) groups is 3. The molecular weight excluding hydrogens is 344 g/mol. The second-order valence-electron chi connectivity index (χ2n) is 7.30. The highest BCUT2D eigenvalue weighted by atomic mass is 16.4. The molecule has 2 fully saturated rings. The molecule has 6 nitrogen and oxygen atoms in total. The third-order valence-electron chi connectivity index (χ3n) is 5.29. The van der Waals surface area contributed by atoms with Gasteiger partial charge in [-0.2, -0.15) is 0 Å². The van der Waals surface area contributed by atoms with Gasteiger partial charge >= 0.3 is 5.97 Å². The second-order valence-corrected chi connectivity index (χ2v) is 7.30. The molecule has 1 atom stereocenters. The molecule has 27 heavy (non-hydrogen) atoms. The van der Waals surface area contributed by atoms with Crippen LogP contribution in [-0.2, 0) is 14.4 Å². The van der Waals surface area contributed by atoms with Gasteiger partial charge in [0.25, 0.3) is 0 Å². The second kappa shape index (κ2) is 8.84. The van der Waals surface area contributed by atoms with Crippen LogP contribution >= 0.6 is 0 Å². The Morgan fingerprint density at radius 1 is 1.15 bits per heavy atom. The predicted octanol–water partition coefficient (Wildman–Crippen LogP) is 2.93. The van der Waals surface area contributed by atoms with E-state index in [4.69, 9.17) is 5.11 Å². The fourth-order valence-corrected chi connectivity index (χ4v) is 3.79. The average molecular weight is 370 g/mol. The van der Waals surface area contributed by atoms with E-state index in [2.05, 4.69) is 0 Å². The summed E-state index contributed by atoms with van der Waals surface area (Å²) < 4.78 is 0. The van der Waals surface area contributed by atoms with Crippen molar-refractivity contribution in [2.24, 2.45) is 5.92 Å². The summed E-state index contributed by atoms with van der Waals surface area (Å²) in [5, 5.41) is 8.82. The number of carboxylic acid groups (broad SMARTS) is 1. The minimum Gasteiger partial charge on any atom is -0.481 e. The number of carboxylic acids is 1. The number of rotatable bonds is 6. The minimum absolute atomic E-state index is 0.0335. The molecule has 0 saturated carbocycles. The standard InChI is InChI=1S/C21H26N2O4/c24-19(22-13-1-3-17(15-22)8-12-21(26)27)11-7-16-5-9-18(10-6-16)23-14-2-4-20(23)25/h5-7,9-11,17H,1-4,8,12-15H2,(H,26,27)/b11-7+. The zero-order chi connectivity index (χ0) is 19.2. The monoisotopic (exact) mass is 370 g/mol. The van der Waals surface area contributed by atoms with Crippen molar-refractivity contribution in [3.63, 3.8) is 0 Å². The maximum Gasteiger partial charge on any atom is 0.303 e. The maximum atomic E-state index is 12.4. The summed E-state index contributed by atoms with van der Waals surface area (Å²) in [7, 11) is 0. The number of likely N-dealkylation sites (tertiary alicyclic amines) is 1. The van der Waals surface area contributed by atoms with Crippen LogP contribution in [0.1, 0.15) is 44.1 Å². The van der Waals surface area contributed by atoms with Gasteiger partial charge in [0, 0.05) is 44.2 Å². The van der Waals surface area contributed by atoms with Crippen LogP contribution in [0.5, 0.6) is 0 Å². The third kappa shape index (κ3) is 5.18. The number of hydrogen-bond donors (Lipinski definition) is 1. The lowest BCUT2D eigenvalue weighted by Crippen LogP contribution is -2.39. The van der Waals surface area contributed by atoms with E-state index in [9.17, 15) is 14.4 Å². The van der Waals surface area contributed by atoms with Gasteiger partial charge in [0.2, 0.25) is 11.8 Å². The molecule has 1 aromatic rings. The Kier molecular flexibility index (Phi) is 6.27. The smallest absolute Gasteiger partial charge is 0.303 e. The van der Waals surface area contributed by atoms with E-state index in [1.54, 1.807) is 17.1 Å². The number of carbonyl (C=O) groups excluding carboxylic acids is 2. The summed E-state index contributed by atoms with van der Waals surface area (Å²) >= 11 is 0. The van der Waals surface area contributed by atoms with Crippen LogP contribution in [0.25, 0.3) is 6.08 Å². The predicted molar refractivity (Wildman–Crippen MR) is 103 cm³/mol. The Morgan fingerprint density at radius 2 is 1.93 bits per heavy atom. The van der Waals surface area contributed by atoms with Crippen molar-refractivity contribution < 1.29 is 19.5 Å². The highest BCUT2D eigenvalue weighted by molar-refractivity contribution is 5.95. The Balaban J connectivity index is 1.54. The molecule has 144 valence electrons. The number of aliphatic carboxylic acids is 1. The summed E-state index contributed by atoms with van der Waals surface area (Å²) in [6, 6.07) is 7.65. The maximum absolute atomic E-state index is 12.4. The van der Waals surface area contributed by atoms with E-state index in [0.717, 1.165) is 43.6 Å². The summed E-state index contributed by atoms with van der Waals surface area (Å²) in [6.07, 6.45) is 7.57. The zero-order valence-electron chi connectivity index (χ0n) is 15.5. The van der Waals surface area contributed by atoms with Crippen LogP contribution in [0.3, 0.4) is 0 Å². The van der Waals surface area contributed by atoms with E-state index < -0.39 is 5.97 Å². The minimum atomic E-state index is -0.780. The van der Waals surface area contributed by atoms with Gasteiger partial charge < -0.3 is 14.9 Å². The molecule has 6 heteroatoms. The lowest BCUT2D eigenvalue weighted by molar-refractivity contribution is -0.137. The van der Waals surface area contributed by atoms with Crippen LogP contribution in [-0.4, -0.2) is 47.4 Å². The Morgan fingerprint density at radius 3 is 2.59 bits per heavy atom. The van der Waals surface area contributed by atoms with Crippen LogP contribution in [0.4, 0.5) is 5.69 Å². The molecule has 1 aromatic carbocycles. The van der Waals surface area contributed by atoms with Gasteiger partial charge in [-0.05, 0) is 55.4 Å². The fraction of sp³-hybridized carbons (Fsp3) is 0.476. The number of benzene rings is 1. The first-order valence-electron chi connectivity index (χ1n) is 9.62. The van der Waals surface area contributed by atoms with Gasteiger partial charge in [0.1, 0.15) is 0 Å². The zero-order valence-corrected chi connectivity index (χ0v) is 15.5. The largest absolute Gasteiger partial charge is 0.481 e. The van der Waals surface area contributed by atoms with Gasteiger partial charge in [-0.15, -0.1) is 0 Å². The van der Waals surface area contributed by atoms with Gasteiger partial charge in [-0.25, -0.2) is 0 Å². The van der Waals surface area contributed by atoms with Crippen molar-refractivity contribution in [3.8, 4) is 0 Å². The van der Waals surface area contributed by atoms with Gasteiger partial charge in [0.15, 0.2) is 0 Å². The molecule has 2 amide bonds. The van der Waals surface area contributed by atoms with Crippen molar-refractivity contribution in [2.75, 3.05) is 24.5 Å². The van der Waals surface area contributed by atoms with Gasteiger partial charge in [0.05, 0.1) is 0 Å². The first-order chi connectivity index (χ1) is 13.0. The Labute approximate surface area is 159 Å². The lowest BCUT2D eigenvalue weighted by atomic mass is 9.93. The molecule has 0 radical (unpaired) electrons. The first kappa shape index (κ1) is 19.1. The molecule has 0 bridgehead atoms. The van der Waals surface area contributed by atoms with Crippen molar-refractivity contribution in [2.45, 2.75) is 38.5 Å². The molecule has 1 unspecified atom stereocenters. The number of hydrogen-bond acceptors (Lipinski definition) is 3. The molecule has 2 aliphatic heterocycles. The molecule has 3 rings (SSSR count). The topological polar surface area (TPSA) is 77.9 Å². The quantitative estimate of drug-likeness (QED) is 0.781. The van der Waals surface area contributed by atoms with Crippen LogP contribution < -0.4 is 4.90 Å². The van der Waals surface area contributed by atoms with E-state index in [-0.39, 0.29) is 24.2 Å². The first-order valence-corrected chi connectivity index (χ1v) is 9.62. The van der Waals surface area contributed by atoms with Crippen molar-refractivity contribution >= 4 is 29.5 Å². The SMILES string of the molecule is O=C(O)CCC1CCCN(C(=O)/C=C/c2ccc(N3CCCC3=O)cc2)C1. The van der Waals surface area contributed by atoms with Crippen molar-refractivity contribution in [1.82, 2.24) is 4.90 Å². The van der Waals surface area contributed by atoms with Crippen LogP contribution in [0.2, 0.25) is 0 Å². The average Bonchev–Trinajstić information content (AvgIpc) is 3.11. The molecule has 2 aliphatic rings. The fourth-order valence-electron chi connectivity index (χ4n) is 3.79. The molecule has 0 aromatic heterocycles. The van der Waals surface area contributed by atoms with E-state index in [1.807, 2.05) is 29.2 Å². The van der Waals surface area contributed by atoms with E-state index >= 15 is 0 Å². The summed E-state index contributed by atoms with van der Waals surface area (Å²) in [4.78, 5) is 38.6. The Bertz CT molecular complexity index is 726. The van der Waals surface area contributed by atoms with Crippen molar-refractivity contribution in [3.05, 3.63) is 35.9 Å². The van der Waals surface area contributed by atoms with Crippen molar-refractivity contribution in [1.29, 1.82) is 0 Å². The van der Waals surface area contributed by atoms with E-state index in [0.29, 0.717) is 19.4 Å². The highest BCUT2D eigenvalue weighted by Crippen LogP contribution is 2.23. The molecule has 2 saturated heterocycles. The van der Waals surface area contributed by atoms with Crippen LogP contribution in [0, 0.1) is 5.92 Å². The number of anilines is 1. The van der Waals surface area contributed by atoms with Gasteiger partial charge in [-0.1, -0.05) is 12.1 Å². The third-order valence-corrected chi connectivity index (χ3v) is 5.29. The summed E-state index contributed by atoms with van der Waals surface area (Å²) in [5.41, 5.74) is 1.82. The summed E-state index contributed by atoms with van der Waals surface area (Å²) in [6.45, 7) is 2.12. The normalized spacial score (nSPS) is 20.4. The number of piperidine rings is 1. The Hall–Kier alpha value is -2.63. The molecular formula is C21H26N2O4. The van der Waals surface area contributed by atoms with Gasteiger partial charge in [-0.3, -0.25) is 14.4 Å².